The third-order valence-corrected chi connectivity index (χ3v) is 10.9. The van der Waals surface area contributed by atoms with Crippen LogP contribution in [-0.2, 0) is 14.3 Å². The first kappa shape index (κ1) is 44.7. The number of halogens is 1. The number of nitrogens with zero attached hydrogens (tertiary/aromatic N) is 4. The normalized spacial score (nSPS) is 13.4. The molecule has 0 bridgehead atoms. The van der Waals surface area contributed by atoms with Crippen molar-refractivity contribution in [1.82, 2.24) is 0 Å². The molecule has 1 aromatic heterocycles. The van der Waals surface area contributed by atoms with Crippen LogP contribution in [0.5, 0.6) is 5.75 Å². The first-order valence-electron chi connectivity index (χ1n) is 19.3. The summed E-state index contributed by atoms with van der Waals surface area (Å²) in [5.74, 6) is 1.09. The molecule has 11 heteroatoms. The van der Waals surface area contributed by atoms with Gasteiger partial charge in [-0.15, -0.1) is 21.6 Å². The van der Waals surface area contributed by atoms with E-state index < -0.39 is 5.97 Å². The van der Waals surface area contributed by atoms with Gasteiger partial charge in [-0.3, -0.25) is 4.79 Å². The average molecular weight is 756 g/mol. The summed E-state index contributed by atoms with van der Waals surface area (Å²) in [5, 5.41) is 22.5. The van der Waals surface area contributed by atoms with Gasteiger partial charge in [0.15, 0.2) is 0 Å². The van der Waals surface area contributed by atoms with Crippen LogP contribution in [0.15, 0.2) is 34.0 Å². The van der Waals surface area contributed by atoms with Crippen LogP contribution >= 0.6 is 22.9 Å². The number of amides is 1. The molecule has 9 nitrogen and oxygen atoms in total. The number of rotatable bonds is 25. The van der Waals surface area contributed by atoms with Gasteiger partial charge in [0.05, 0.1) is 30.1 Å². The topological polar surface area (TPSA) is 116 Å². The first-order valence-corrected chi connectivity index (χ1v) is 20.5. The number of nitrogens with one attached hydrogen (secondary N) is 1. The van der Waals surface area contributed by atoms with Crippen molar-refractivity contribution in [2.75, 3.05) is 37.0 Å². The number of benzene rings is 1. The molecule has 0 saturated carbocycles. The van der Waals surface area contributed by atoms with Crippen molar-refractivity contribution < 1.29 is 19.1 Å². The second-order valence-corrected chi connectivity index (χ2v) is 15.1. The minimum Gasteiger partial charge on any atom is -0.494 e. The number of hydrogen-bond acceptors (Lipinski definition) is 9. The molecule has 0 fully saturated rings. The second-order valence-electron chi connectivity index (χ2n) is 13.6. The van der Waals surface area contributed by atoms with Gasteiger partial charge in [0, 0.05) is 31.0 Å². The average Bonchev–Trinajstić information content (AvgIpc) is 3.50. The third kappa shape index (κ3) is 14.9. The molecule has 52 heavy (non-hydrogen) atoms. The summed E-state index contributed by atoms with van der Waals surface area (Å²) in [7, 11) is 1.65. The van der Waals surface area contributed by atoms with Gasteiger partial charge >= 0.3 is 5.97 Å². The molecule has 0 aliphatic heterocycles. The van der Waals surface area contributed by atoms with E-state index in [1.54, 1.807) is 13.2 Å². The summed E-state index contributed by atoms with van der Waals surface area (Å²) in [4.78, 5) is 28.1. The van der Waals surface area contributed by atoms with E-state index in [2.05, 4.69) is 62.0 Å². The Kier molecular flexibility index (Phi) is 21.3. The molecule has 288 valence electrons. The number of ether oxygens (including phenoxy) is 2. The maximum absolute atomic E-state index is 12.8. The maximum Gasteiger partial charge on any atom is 0.348 e. The lowest BCUT2D eigenvalue weighted by molar-refractivity contribution is -0.139. The Balaban J connectivity index is 2.48. The van der Waals surface area contributed by atoms with E-state index in [0.29, 0.717) is 43.9 Å². The lowest BCUT2D eigenvalue weighted by atomic mass is 9.95. The van der Waals surface area contributed by atoms with Crippen molar-refractivity contribution in [3.8, 4) is 11.8 Å². The van der Waals surface area contributed by atoms with Crippen molar-refractivity contribution >= 4 is 63.0 Å². The van der Waals surface area contributed by atoms with E-state index in [4.69, 9.17) is 21.1 Å². The monoisotopic (exact) mass is 755 g/mol. The van der Waals surface area contributed by atoms with Crippen LogP contribution in [0, 0.1) is 29.1 Å². The van der Waals surface area contributed by atoms with E-state index in [1.807, 2.05) is 18.2 Å². The number of unbranched alkanes of at least 4 members (excludes halogenated alkanes) is 3. The van der Waals surface area contributed by atoms with Gasteiger partial charge < -0.3 is 19.7 Å². The van der Waals surface area contributed by atoms with E-state index in [-0.39, 0.29) is 24.0 Å². The number of thiophene rings is 1. The standard InChI is InChI=1S/C41H62ClN5O4S/c1-9-15-18-30(12-4)26-47(27-31(13-5)19-16-10-2)37-23-35(44-29(7)48)36(24-38(37)50-8)45-46-40-22-34(42)39(52-40)21-33(25-43)41(49)51-28-32(14-6)20-17-11-3/h21-24,30-32H,9-20,26-28H2,1-8H3,(H,44,48). The minimum atomic E-state index is -0.669. The summed E-state index contributed by atoms with van der Waals surface area (Å²) in [5.41, 5.74) is 1.76. The number of methoxy groups -OCH3 is 1. The van der Waals surface area contributed by atoms with Crippen LogP contribution in [-0.4, -0.2) is 38.7 Å². The van der Waals surface area contributed by atoms with E-state index in [1.165, 1.54) is 50.0 Å². The largest absolute Gasteiger partial charge is 0.494 e. The van der Waals surface area contributed by atoms with Gasteiger partial charge in [0.25, 0.3) is 0 Å². The number of anilines is 2. The molecule has 0 spiro atoms. The lowest BCUT2D eigenvalue weighted by Gasteiger charge is -2.34. The molecule has 1 aromatic carbocycles. The Morgan fingerprint density at radius 3 is 2.00 bits per heavy atom. The molecular weight excluding hydrogens is 694 g/mol. The summed E-state index contributed by atoms with van der Waals surface area (Å²) < 4.78 is 11.5. The molecule has 1 N–H and O–H groups in total. The van der Waals surface area contributed by atoms with Crippen LogP contribution in [0.1, 0.15) is 130 Å². The van der Waals surface area contributed by atoms with Crippen molar-refractivity contribution in [2.45, 2.75) is 126 Å². The Hall–Kier alpha value is -3.42. The zero-order valence-corrected chi connectivity index (χ0v) is 34.4. The van der Waals surface area contributed by atoms with Crippen LogP contribution in [0.2, 0.25) is 5.02 Å². The highest BCUT2D eigenvalue weighted by Gasteiger charge is 2.23. The van der Waals surface area contributed by atoms with Crippen molar-refractivity contribution in [2.24, 2.45) is 28.0 Å². The number of esters is 1. The van der Waals surface area contributed by atoms with Gasteiger partial charge in [0.2, 0.25) is 5.91 Å². The van der Waals surface area contributed by atoms with Gasteiger partial charge in [-0.2, -0.15) is 5.26 Å². The van der Waals surface area contributed by atoms with Crippen molar-refractivity contribution in [3.05, 3.63) is 33.7 Å². The Bertz CT molecular complexity index is 1480. The molecule has 0 saturated heterocycles. The SMILES string of the molecule is CCCCC(CC)COC(=O)C(C#N)=Cc1sc(N=Nc2cc(OC)c(N(CC(CC)CCCC)CC(CC)CCCC)cc2NC(C)=O)cc1Cl. The maximum atomic E-state index is 12.8. The Morgan fingerprint density at radius 1 is 0.923 bits per heavy atom. The molecule has 0 aliphatic rings. The number of hydrogen-bond donors (Lipinski definition) is 1. The van der Waals surface area contributed by atoms with Crippen molar-refractivity contribution in [1.29, 1.82) is 5.26 Å². The summed E-state index contributed by atoms with van der Waals surface area (Å²) in [6, 6.07) is 7.37. The number of azo groups is 1. The molecule has 1 heterocycles. The number of carbonyl (C=O) groups excluding carboxylic acids is 2. The number of nitriles is 1. The van der Waals surface area contributed by atoms with Gasteiger partial charge in [-0.25, -0.2) is 4.79 Å². The van der Waals surface area contributed by atoms with Crippen LogP contribution in [0.25, 0.3) is 6.08 Å². The molecular formula is C41H62ClN5O4S. The summed E-state index contributed by atoms with van der Waals surface area (Å²) >= 11 is 7.73. The Morgan fingerprint density at radius 2 is 1.50 bits per heavy atom. The predicted molar refractivity (Wildman–Crippen MR) is 217 cm³/mol. The highest BCUT2D eigenvalue weighted by atomic mass is 35.5. The molecule has 2 aromatic rings. The van der Waals surface area contributed by atoms with Crippen molar-refractivity contribution in [3.63, 3.8) is 0 Å². The Labute approximate surface area is 322 Å². The smallest absolute Gasteiger partial charge is 0.348 e. The fourth-order valence-electron chi connectivity index (χ4n) is 6.13. The van der Waals surface area contributed by atoms with Gasteiger partial charge in [-0.05, 0) is 55.2 Å². The van der Waals surface area contributed by atoms with Gasteiger partial charge in [-0.1, -0.05) is 111 Å². The van der Waals surface area contributed by atoms with E-state index >= 15 is 0 Å². The molecule has 0 radical (unpaired) electrons. The van der Waals surface area contributed by atoms with Crippen LogP contribution in [0.3, 0.4) is 0 Å². The van der Waals surface area contributed by atoms with E-state index in [0.717, 1.165) is 70.1 Å². The van der Waals surface area contributed by atoms with Crippen LogP contribution in [0.4, 0.5) is 22.1 Å². The second kappa shape index (κ2) is 24.8. The predicted octanol–water partition coefficient (Wildman–Crippen LogP) is 12.7. The first-order chi connectivity index (χ1) is 25.1. The summed E-state index contributed by atoms with van der Waals surface area (Å²) in [6.07, 6.45) is 14.7. The minimum absolute atomic E-state index is 0.129. The molecule has 0 aliphatic carbocycles. The fraction of sp³-hybridized carbons (Fsp3) is 0.634. The zero-order chi connectivity index (χ0) is 38.5. The third-order valence-electron chi connectivity index (χ3n) is 9.56. The molecule has 1 amide bonds. The van der Waals surface area contributed by atoms with Gasteiger partial charge in [0.1, 0.15) is 28.1 Å². The quantitative estimate of drug-likeness (QED) is 0.0467. The molecule has 2 rings (SSSR count). The van der Waals surface area contributed by atoms with E-state index in [9.17, 15) is 14.9 Å². The summed E-state index contributed by atoms with van der Waals surface area (Å²) in [6.45, 7) is 16.7. The highest BCUT2D eigenvalue weighted by Crippen LogP contribution is 2.42. The molecule has 3 atom stereocenters. The zero-order valence-electron chi connectivity index (χ0n) is 32.9. The molecule has 3 unspecified atom stereocenters. The lowest BCUT2D eigenvalue weighted by Crippen LogP contribution is -2.34. The van der Waals surface area contributed by atoms with Crippen LogP contribution < -0.4 is 15.0 Å². The number of carbonyl (C=O) groups is 2. The fourth-order valence-corrected chi connectivity index (χ4v) is 7.28. The highest BCUT2D eigenvalue weighted by molar-refractivity contribution is 7.17.